The number of hydrogen-bond acceptors (Lipinski definition) is 4. The topological polar surface area (TPSA) is 95.9 Å². The first-order valence-corrected chi connectivity index (χ1v) is 6.20. The molecule has 0 spiro atoms. The van der Waals surface area contributed by atoms with E-state index in [2.05, 4.69) is 5.32 Å². The molecule has 0 saturated heterocycles. The summed E-state index contributed by atoms with van der Waals surface area (Å²) < 4.78 is 5.02. The first kappa shape index (κ1) is 14.9. The molecule has 2 atom stereocenters. The van der Waals surface area contributed by atoms with Crippen LogP contribution in [0.1, 0.15) is 33.1 Å². The number of aliphatic hydroxyl groups is 1. The van der Waals surface area contributed by atoms with Gasteiger partial charge in [-0.3, -0.25) is 9.59 Å². The molecular weight excluding hydrogens is 238 g/mol. The summed E-state index contributed by atoms with van der Waals surface area (Å²) >= 11 is 0. The number of ether oxygens (including phenoxy) is 1. The summed E-state index contributed by atoms with van der Waals surface area (Å²) in [7, 11) is 0. The van der Waals surface area contributed by atoms with Gasteiger partial charge in [0, 0.05) is 19.1 Å². The summed E-state index contributed by atoms with van der Waals surface area (Å²) in [5, 5.41) is 21.6. The van der Waals surface area contributed by atoms with E-state index in [9.17, 15) is 19.8 Å². The molecule has 1 aliphatic rings. The maximum absolute atomic E-state index is 11.9. The van der Waals surface area contributed by atoms with E-state index in [0.717, 1.165) is 12.8 Å². The van der Waals surface area contributed by atoms with Crippen LogP contribution in [-0.2, 0) is 14.3 Å². The van der Waals surface area contributed by atoms with Gasteiger partial charge in [-0.1, -0.05) is 0 Å². The lowest BCUT2D eigenvalue weighted by molar-refractivity contribution is -0.157. The molecule has 0 bridgehead atoms. The molecule has 0 aromatic heterocycles. The van der Waals surface area contributed by atoms with Crippen molar-refractivity contribution in [1.29, 1.82) is 0 Å². The highest BCUT2D eigenvalue weighted by Crippen LogP contribution is 2.27. The third kappa shape index (κ3) is 3.96. The molecule has 1 rings (SSSR count). The van der Waals surface area contributed by atoms with Crippen LogP contribution >= 0.6 is 0 Å². The van der Waals surface area contributed by atoms with Crippen molar-refractivity contribution in [3.8, 4) is 0 Å². The van der Waals surface area contributed by atoms with E-state index in [-0.39, 0.29) is 19.1 Å². The number of nitrogens with one attached hydrogen (secondary N) is 1. The van der Waals surface area contributed by atoms with E-state index in [1.165, 1.54) is 6.92 Å². The zero-order valence-corrected chi connectivity index (χ0v) is 10.8. The molecule has 0 heterocycles. The molecule has 104 valence electrons. The molecule has 1 aliphatic carbocycles. The van der Waals surface area contributed by atoms with Crippen molar-refractivity contribution in [3.05, 3.63) is 0 Å². The monoisotopic (exact) mass is 259 g/mol. The van der Waals surface area contributed by atoms with Crippen LogP contribution < -0.4 is 5.32 Å². The quantitative estimate of drug-likeness (QED) is 0.539. The molecule has 0 aromatic carbocycles. The van der Waals surface area contributed by atoms with E-state index < -0.39 is 23.4 Å². The summed E-state index contributed by atoms with van der Waals surface area (Å²) in [4.78, 5) is 23.2. The lowest BCUT2D eigenvalue weighted by Gasteiger charge is -2.26. The molecule has 0 radical (unpaired) electrons. The first-order valence-electron chi connectivity index (χ1n) is 6.20. The Kier molecular flexibility index (Phi) is 5.10. The van der Waals surface area contributed by atoms with Crippen molar-refractivity contribution >= 4 is 11.9 Å². The predicted octanol–water partition coefficient (Wildman–Crippen LogP) is 0.143. The lowest BCUT2D eigenvalue weighted by atomic mass is 9.83. The highest BCUT2D eigenvalue weighted by atomic mass is 16.5. The molecule has 1 saturated carbocycles. The number of amides is 1. The average molecular weight is 259 g/mol. The van der Waals surface area contributed by atoms with Gasteiger partial charge in [0.15, 0.2) is 0 Å². The third-order valence-corrected chi connectivity index (χ3v) is 3.04. The highest BCUT2D eigenvalue weighted by Gasteiger charge is 2.44. The maximum Gasteiger partial charge on any atom is 0.319 e. The number of hydrogen-bond donors (Lipinski definition) is 3. The van der Waals surface area contributed by atoms with Gasteiger partial charge >= 0.3 is 5.97 Å². The summed E-state index contributed by atoms with van der Waals surface area (Å²) in [6.45, 7) is 3.59. The number of carboxylic acids is 1. The number of carbonyl (C=O) groups excluding carboxylic acids is 1. The Morgan fingerprint density at radius 3 is 2.56 bits per heavy atom. The van der Waals surface area contributed by atoms with E-state index in [1.54, 1.807) is 6.92 Å². The van der Waals surface area contributed by atoms with E-state index in [4.69, 9.17) is 4.74 Å². The second-order valence-corrected chi connectivity index (χ2v) is 4.90. The van der Waals surface area contributed by atoms with Crippen LogP contribution in [0.4, 0.5) is 0 Å². The van der Waals surface area contributed by atoms with Crippen molar-refractivity contribution in [2.45, 2.75) is 45.3 Å². The summed E-state index contributed by atoms with van der Waals surface area (Å²) in [5.74, 6) is -1.76. The lowest BCUT2D eigenvalue weighted by Crippen LogP contribution is -2.47. The fourth-order valence-corrected chi connectivity index (χ4v) is 1.63. The molecule has 18 heavy (non-hydrogen) atoms. The van der Waals surface area contributed by atoms with Gasteiger partial charge in [-0.25, -0.2) is 0 Å². The standard InChI is InChI=1S/C12H21NO5/c1-3-18-7-9(14)6-12(2,11(16)17)10(15)13-8-4-5-8/h8-9,14H,3-7H2,1-2H3,(H,13,15)(H,16,17). The van der Waals surface area contributed by atoms with Gasteiger partial charge < -0.3 is 20.3 Å². The normalized spacial score (nSPS) is 19.9. The number of aliphatic carboxylic acids is 1. The van der Waals surface area contributed by atoms with E-state index in [1.807, 2.05) is 0 Å². The summed E-state index contributed by atoms with van der Waals surface area (Å²) in [5.41, 5.74) is -1.61. The number of carbonyl (C=O) groups is 2. The van der Waals surface area contributed by atoms with E-state index >= 15 is 0 Å². The van der Waals surface area contributed by atoms with Crippen LogP contribution in [0.5, 0.6) is 0 Å². The van der Waals surface area contributed by atoms with Crippen LogP contribution in [0.25, 0.3) is 0 Å². The largest absolute Gasteiger partial charge is 0.480 e. The van der Waals surface area contributed by atoms with Gasteiger partial charge in [-0.15, -0.1) is 0 Å². The van der Waals surface area contributed by atoms with Crippen LogP contribution in [0.3, 0.4) is 0 Å². The molecule has 6 nitrogen and oxygen atoms in total. The summed E-state index contributed by atoms with van der Waals surface area (Å²) in [6, 6.07) is 0.0974. The Balaban J connectivity index is 2.60. The van der Waals surface area contributed by atoms with Gasteiger partial charge in [0.25, 0.3) is 0 Å². The van der Waals surface area contributed by atoms with Gasteiger partial charge in [0.1, 0.15) is 5.41 Å². The third-order valence-electron chi connectivity index (χ3n) is 3.04. The SMILES string of the molecule is CCOCC(O)CC(C)(C(=O)O)C(=O)NC1CC1. The molecule has 0 aromatic rings. The van der Waals surface area contributed by atoms with Crippen molar-refractivity contribution in [2.75, 3.05) is 13.2 Å². The fraction of sp³-hybridized carbons (Fsp3) is 0.833. The van der Waals surface area contributed by atoms with Crippen molar-refractivity contribution in [2.24, 2.45) is 5.41 Å². The highest BCUT2D eigenvalue weighted by molar-refractivity contribution is 6.01. The number of carboxylic acid groups (broad SMARTS) is 1. The maximum atomic E-state index is 11.9. The second kappa shape index (κ2) is 6.15. The van der Waals surface area contributed by atoms with Crippen molar-refractivity contribution < 1.29 is 24.5 Å². The molecular formula is C12H21NO5. The zero-order chi connectivity index (χ0) is 13.8. The second-order valence-electron chi connectivity index (χ2n) is 4.90. The van der Waals surface area contributed by atoms with Gasteiger partial charge in [-0.2, -0.15) is 0 Å². The van der Waals surface area contributed by atoms with Crippen LogP contribution in [0, 0.1) is 5.41 Å². The number of rotatable bonds is 8. The van der Waals surface area contributed by atoms with Crippen molar-refractivity contribution in [1.82, 2.24) is 5.32 Å². The smallest absolute Gasteiger partial charge is 0.319 e. The minimum atomic E-state index is -1.61. The predicted molar refractivity (Wildman–Crippen MR) is 64.0 cm³/mol. The summed E-state index contributed by atoms with van der Waals surface area (Å²) in [6.07, 6.45) is 0.670. The average Bonchev–Trinajstić information content (AvgIpc) is 3.09. The van der Waals surface area contributed by atoms with E-state index in [0.29, 0.717) is 6.61 Å². The minimum absolute atomic E-state index is 0.0378. The molecule has 1 amide bonds. The van der Waals surface area contributed by atoms with Crippen molar-refractivity contribution in [3.63, 3.8) is 0 Å². The molecule has 6 heteroatoms. The molecule has 0 aliphatic heterocycles. The molecule has 2 unspecified atom stereocenters. The Morgan fingerprint density at radius 2 is 2.11 bits per heavy atom. The Morgan fingerprint density at radius 1 is 1.50 bits per heavy atom. The molecule has 3 N–H and O–H groups in total. The first-order chi connectivity index (χ1) is 8.40. The number of aliphatic hydroxyl groups excluding tert-OH is 1. The minimum Gasteiger partial charge on any atom is -0.480 e. The van der Waals surface area contributed by atoms with Crippen LogP contribution in [-0.4, -0.2) is 47.4 Å². The van der Waals surface area contributed by atoms with Crippen LogP contribution in [0.2, 0.25) is 0 Å². The Bertz CT molecular complexity index is 316. The van der Waals surface area contributed by atoms with Gasteiger partial charge in [0.2, 0.25) is 5.91 Å². The Labute approximate surface area is 106 Å². The van der Waals surface area contributed by atoms with Gasteiger partial charge in [-0.05, 0) is 26.7 Å². The zero-order valence-electron chi connectivity index (χ0n) is 10.8. The van der Waals surface area contributed by atoms with Crippen LogP contribution in [0.15, 0.2) is 0 Å². The molecule has 1 fully saturated rings. The fourth-order valence-electron chi connectivity index (χ4n) is 1.63. The Hall–Kier alpha value is -1.14. The van der Waals surface area contributed by atoms with Gasteiger partial charge in [0.05, 0.1) is 12.7 Å².